The van der Waals surface area contributed by atoms with Crippen molar-refractivity contribution >= 4 is 27.7 Å². The lowest BCUT2D eigenvalue weighted by Crippen LogP contribution is -2.30. The van der Waals surface area contributed by atoms with Gasteiger partial charge in [-0.05, 0) is 66.5 Å². The number of carbonyl (C=O) groups is 1. The molecular formula is C19H18BrN3O3. The van der Waals surface area contributed by atoms with E-state index < -0.39 is 6.10 Å². The largest absolute Gasteiger partial charge is 0.481 e. The topological polar surface area (TPSA) is 77.2 Å². The molecule has 1 amide bonds. The molecule has 7 heteroatoms. The first-order valence-corrected chi connectivity index (χ1v) is 8.86. The standard InChI is InChI=1S/C19H18BrN3O3/c1-11-8-12(2)10-16(9-11)25-13(3)19(24)21-18-17(22-26-23-18)14-4-6-15(20)7-5-14/h4-10,13H,1-3H3,(H,21,23,24). The maximum atomic E-state index is 12.5. The predicted molar refractivity (Wildman–Crippen MR) is 102 cm³/mol. The van der Waals surface area contributed by atoms with Crippen molar-refractivity contribution in [1.82, 2.24) is 10.3 Å². The Bertz CT molecular complexity index is 902. The average Bonchev–Trinajstić information content (AvgIpc) is 3.02. The molecule has 1 atom stereocenters. The van der Waals surface area contributed by atoms with Crippen LogP contribution in [0.25, 0.3) is 11.3 Å². The van der Waals surface area contributed by atoms with Crippen molar-refractivity contribution in [3.05, 3.63) is 58.1 Å². The number of rotatable bonds is 5. The van der Waals surface area contributed by atoms with Gasteiger partial charge < -0.3 is 10.1 Å². The molecule has 134 valence electrons. The van der Waals surface area contributed by atoms with E-state index in [0.717, 1.165) is 21.2 Å². The second-order valence-corrected chi connectivity index (χ2v) is 6.96. The van der Waals surface area contributed by atoms with Crippen molar-refractivity contribution in [2.75, 3.05) is 5.32 Å². The Kier molecular flexibility index (Phi) is 5.37. The number of hydrogen-bond donors (Lipinski definition) is 1. The van der Waals surface area contributed by atoms with Gasteiger partial charge in [0.05, 0.1) is 0 Å². The van der Waals surface area contributed by atoms with Gasteiger partial charge in [0.15, 0.2) is 11.8 Å². The summed E-state index contributed by atoms with van der Waals surface area (Å²) in [5.41, 5.74) is 3.40. The third-order valence-corrected chi connectivity index (χ3v) is 4.25. The van der Waals surface area contributed by atoms with E-state index in [-0.39, 0.29) is 11.7 Å². The van der Waals surface area contributed by atoms with Crippen molar-refractivity contribution < 1.29 is 14.2 Å². The molecule has 0 aliphatic rings. The third kappa shape index (κ3) is 4.29. The van der Waals surface area contributed by atoms with Gasteiger partial charge in [-0.3, -0.25) is 4.79 Å². The SMILES string of the molecule is Cc1cc(C)cc(OC(C)C(=O)Nc2nonc2-c2ccc(Br)cc2)c1. The number of hydrogen-bond acceptors (Lipinski definition) is 5. The Balaban J connectivity index is 1.72. The first-order valence-electron chi connectivity index (χ1n) is 8.06. The van der Waals surface area contributed by atoms with Crippen LogP contribution in [-0.2, 0) is 4.79 Å². The highest BCUT2D eigenvalue weighted by molar-refractivity contribution is 9.10. The van der Waals surface area contributed by atoms with Gasteiger partial charge in [-0.15, -0.1) is 0 Å². The van der Waals surface area contributed by atoms with Gasteiger partial charge in [0.25, 0.3) is 5.91 Å². The smallest absolute Gasteiger partial charge is 0.266 e. The summed E-state index contributed by atoms with van der Waals surface area (Å²) >= 11 is 3.38. The molecule has 1 aromatic heterocycles. The summed E-state index contributed by atoms with van der Waals surface area (Å²) < 4.78 is 11.5. The fourth-order valence-corrected chi connectivity index (χ4v) is 2.81. The van der Waals surface area contributed by atoms with Crippen LogP contribution in [0.3, 0.4) is 0 Å². The highest BCUT2D eigenvalue weighted by atomic mass is 79.9. The van der Waals surface area contributed by atoms with Crippen LogP contribution < -0.4 is 10.1 Å². The van der Waals surface area contributed by atoms with Gasteiger partial charge in [-0.1, -0.05) is 34.1 Å². The lowest BCUT2D eigenvalue weighted by atomic mass is 10.1. The lowest BCUT2D eigenvalue weighted by Gasteiger charge is -2.15. The van der Waals surface area contributed by atoms with Gasteiger partial charge in [0.2, 0.25) is 5.82 Å². The summed E-state index contributed by atoms with van der Waals surface area (Å²) in [6.45, 7) is 5.64. The highest BCUT2D eigenvalue weighted by Gasteiger charge is 2.20. The van der Waals surface area contributed by atoms with Crippen LogP contribution in [0.2, 0.25) is 0 Å². The minimum Gasteiger partial charge on any atom is -0.481 e. The number of aromatic nitrogens is 2. The van der Waals surface area contributed by atoms with Gasteiger partial charge in [-0.25, -0.2) is 4.63 Å². The Morgan fingerprint density at radius 3 is 2.42 bits per heavy atom. The Morgan fingerprint density at radius 2 is 1.77 bits per heavy atom. The normalized spacial score (nSPS) is 11.8. The molecule has 1 heterocycles. The first-order chi connectivity index (χ1) is 12.4. The number of aryl methyl sites for hydroxylation is 2. The molecule has 0 aliphatic heterocycles. The number of halogens is 1. The van der Waals surface area contributed by atoms with Gasteiger partial charge in [0, 0.05) is 10.0 Å². The fraction of sp³-hybridized carbons (Fsp3) is 0.211. The Morgan fingerprint density at radius 1 is 1.12 bits per heavy atom. The maximum Gasteiger partial charge on any atom is 0.266 e. The van der Waals surface area contributed by atoms with E-state index in [9.17, 15) is 4.79 Å². The molecule has 1 unspecified atom stereocenters. The maximum absolute atomic E-state index is 12.5. The summed E-state index contributed by atoms with van der Waals surface area (Å²) in [4.78, 5) is 12.5. The summed E-state index contributed by atoms with van der Waals surface area (Å²) in [6.07, 6.45) is -0.703. The lowest BCUT2D eigenvalue weighted by molar-refractivity contribution is -0.122. The molecule has 0 saturated carbocycles. The quantitative estimate of drug-likeness (QED) is 0.662. The second kappa shape index (κ2) is 7.70. The van der Waals surface area contributed by atoms with E-state index in [0.29, 0.717) is 11.4 Å². The minimum atomic E-state index is -0.703. The molecule has 6 nitrogen and oxygen atoms in total. The van der Waals surface area contributed by atoms with Crippen LogP contribution >= 0.6 is 15.9 Å². The monoisotopic (exact) mass is 415 g/mol. The molecule has 0 spiro atoms. The van der Waals surface area contributed by atoms with Crippen LogP contribution in [0, 0.1) is 13.8 Å². The molecule has 0 saturated heterocycles. The van der Waals surface area contributed by atoms with Crippen molar-refractivity contribution in [1.29, 1.82) is 0 Å². The summed E-state index contributed by atoms with van der Waals surface area (Å²) in [7, 11) is 0. The van der Waals surface area contributed by atoms with Crippen LogP contribution in [0.4, 0.5) is 5.82 Å². The van der Waals surface area contributed by atoms with Crippen LogP contribution in [0.15, 0.2) is 51.6 Å². The molecule has 0 bridgehead atoms. The average molecular weight is 416 g/mol. The molecule has 3 rings (SSSR count). The number of nitrogens with one attached hydrogen (secondary N) is 1. The number of ether oxygens (including phenoxy) is 1. The highest BCUT2D eigenvalue weighted by Crippen LogP contribution is 2.26. The van der Waals surface area contributed by atoms with E-state index in [1.807, 2.05) is 56.3 Å². The number of benzene rings is 2. The van der Waals surface area contributed by atoms with E-state index in [1.165, 1.54) is 0 Å². The van der Waals surface area contributed by atoms with Crippen molar-refractivity contribution in [3.8, 4) is 17.0 Å². The minimum absolute atomic E-state index is 0.258. The number of amides is 1. The van der Waals surface area contributed by atoms with Crippen molar-refractivity contribution in [2.45, 2.75) is 26.9 Å². The van der Waals surface area contributed by atoms with Gasteiger partial charge in [0.1, 0.15) is 5.75 Å². The zero-order valence-corrected chi connectivity index (χ0v) is 16.2. The fourth-order valence-electron chi connectivity index (χ4n) is 2.54. The zero-order valence-electron chi connectivity index (χ0n) is 14.6. The van der Waals surface area contributed by atoms with Crippen LogP contribution in [0.5, 0.6) is 5.75 Å². The molecule has 1 N–H and O–H groups in total. The molecule has 26 heavy (non-hydrogen) atoms. The van der Waals surface area contributed by atoms with E-state index in [4.69, 9.17) is 9.37 Å². The summed E-state index contributed by atoms with van der Waals surface area (Å²) in [6, 6.07) is 13.3. The summed E-state index contributed by atoms with van der Waals surface area (Å²) in [5, 5.41) is 10.4. The van der Waals surface area contributed by atoms with E-state index in [2.05, 4.69) is 31.6 Å². The van der Waals surface area contributed by atoms with Crippen LogP contribution in [0.1, 0.15) is 18.1 Å². The number of nitrogens with zero attached hydrogens (tertiary/aromatic N) is 2. The van der Waals surface area contributed by atoms with Crippen LogP contribution in [-0.4, -0.2) is 22.3 Å². The molecule has 0 radical (unpaired) electrons. The van der Waals surface area contributed by atoms with Gasteiger partial charge >= 0.3 is 0 Å². The van der Waals surface area contributed by atoms with Gasteiger partial charge in [-0.2, -0.15) is 0 Å². The molecular weight excluding hydrogens is 398 g/mol. The molecule has 3 aromatic rings. The Hall–Kier alpha value is -2.67. The second-order valence-electron chi connectivity index (χ2n) is 6.04. The molecule has 0 fully saturated rings. The van der Waals surface area contributed by atoms with E-state index in [1.54, 1.807) is 6.92 Å². The predicted octanol–water partition coefficient (Wildman–Crippen LogP) is 4.52. The van der Waals surface area contributed by atoms with Crippen molar-refractivity contribution in [3.63, 3.8) is 0 Å². The number of anilines is 1. The molecule has 0 aliphatic carbocycles. The third-order valence-electron chi connectivity index (χ3n) is 3.73. The Labute approximate surface area is 159 Å². The number of carbonyl (C=O) groups excluding carboxylic acids is 1. The first kappa shape index (κ1) is 18.1. The summed E-state index contributed by atoms with van der Waals surface area (Å²) in [5.74, 6) is 0.572. The zero-order chi connectivity index (χ0) is 18.7. The van der Waals surface area contributed by atoms with E-state index >= 15 is 0 Å². The van der Waals surface area contributed by atoms with Crippen molar-refractivity contribution in [2.24, 2.45) is 0 Å². The molecule has 2 aromatic carbocycles.